The van der Waals surface area contributed by atoms with Crippen LogP contribution in [0.2, 0.25) is 5.02 Å². The van der Waals surface area contributed by atoms with Crippen LogP contribution in [0.4, 0.5) is 29.3 Å². The maximum Gasteiger partial charge on any atom is 0.490 e. The van der Waals surface area contributed by atoms with Crippen LogP contribution in [0.3, 0.4) is 0 Å². The lowest BCUT2D eigenvalue weighted by molar-refractivity contribution is -0.192. The van der Waals surface area contributed by atoms with Gasteiger partial charge >= 0.3 is 24.2 Å². The maximum absolute atomic E-state index is 13.2. The molecule has 220 valence electrons. The van der Waals surface area contributed by atoms with Crippen LogP contribution in [0, 0.1) is 0 Å². The molecule has 3 rings (SSSR count). The Bertz CT molecular complexity index is 1350. The molecule has 17 heteroatoms. The summed E-state index contributed by atoms with van der Waals surface area (Å²) in [5.74, 6) is -3.87. The molecule has 0 bridgehead atoms. The van der Waals surface area contributed by atoms with Gasteiger partial charge in [0.25, 0.3) is 10.0 Å². The first-order valence-electron chi connectivity index (χ1n) is 11.3. The number of methoxy groups -OCH3 is 1. The molecule has 1 saturated heterocycles. The Kier molecular flexibility index (Phi) is 10.8. The fraction of sp³-hybridized carbons (Fsp3) is 0.348. The zero-order valence-electron chi connectivity index (χ0n) is 21.1. The Hall–Kier alpha value is -3.92. The van der Waals surface area contributed by atoms with Crippen LogP contribution >= 0.6 is 11.6 Å². The number of carbonyl (C=O) groups excluding carboxylic acids is 1. The minimum atomic E-state index is -5.08. The van der Waals surface area contributed by atoms with Gasteiger partial charge in [0.1, 0.15) is 10.6 Å². The van der Waals surface area contributed by atoms with Crippen LogP contribution in [0.15, 0.2) is 41.3 Å². The van der Waals surface area contributed by atoms with E-state index in [0.29, 0.717) is 31.9 Å². The summed E-state index contributed by atoms with van der Waals surface area (Å²) in [4.78, 5) is 35.6. The molecule has 0 radical (unpaired) electrons. The number of carboxylic acids is 2. The molecule has 3 N–H and O–H groups in total. The number of sulfonamides is 1. The number of carbonyl (C=O) groups is 3. The number of nitrogens with one attached hydrogen (secondary N) is 1. The van der Waals surface area contributed by atoms with Crippen LogP contribution in [-0.4, -0.2) is 87.6 Å². The topological polar surface area (TPSA) is 163 Å². The molecule has 2 aromatic rings. The second kappa shape index (κ2) is 13.4. The fourth-order valence-corrected chi connectivity index (χ4v) is 4.93. The highest BCUT2D eigenvalue weighted by atomic mass is 35.5. The monoisotopic (exact) mass is 611 g/mol. The van der Waals surface area contributed by atoms with Gasteiger partial charge in [0, 0.05) is 31.2 Å². The molecule has 1 amide bonds. The molecule has 1 fully saturated rings. The number of amides is 1. The number of benzene rings is 2. The SMILES string of the molecule is CCOC(=O)N1CCN(c2ccc(C(=O)O)cc2NS(=O)(=O)c2cc(Cl)ccc2OC)CC1.O=C(O)C(F)(F)F. The van der Waals surface area contributed by atoms with Gasteiger partial charge in [0.15, 0.2) is 0 Å². The van der Waals surface area contributed by atoms with E-state index in [1.807, 2.05) is 4.90 Å². The third kappa shape index (κ3) is 8.54. The van der Waals surface area contributed by atoms with E-state index < -0.39 is 34.2 Å². The van der Waals surface area contributed by atoms with Crippen molar-refractivity contribution in [2.24, 2.45) is 0 Å². The molecule has 0 aliphatic carbocycles. The molecule has 1 aliphatic heterocycles. The Labute approximate surface area is 231 Å². The van der Waals surface area contributed by atoms with E-state index in [1.165, 1.54) is 43.5 Å². The zero-order chi connectivity index (χ0) is 30.3. The molecule has 12 nitrogen and oxygen atoms in total. The van der Waals surface area contributed by atoms with Gasteiger partial charge in [0.2, 0.25) is 0 Å². The highest BCUT2D eigenvalue weighted by molar-refractivity contribution is 7.92. The largest absolute Gasteiger partial charge is 0.495 e. The summed E-state index contributed by atoms with van der Waals surface area (Å²) in [6.07, 6.45) is -5.49. The van der Waals surface area contributed by atoms with Gasteiger partial charge in [-0.25, -0.2) is 22.8 Å². The zero-order valence-corrected chi connectivity index (χ0v) is 22.6. The van der Waals surface area contributed by atoms with Gasteiger partial charge in [-0.3, -0.25) is 4.72 Å². The lowest BCUT2D eigenvalue weighted by Crippen LogP contribution is -2.49. The number of anilines is 2. The Morgan fingerprint density at radius 3 is 2.15 bits per heavy atom. The van der Waals surface area contributed by atoms with Gasteiger partial charge in [-0.05, 0) is 43.3 Å². The second-order valence-electron chi connectivity index (χ2n) is 7.91. The number of nitrogens with zero attached hydrogens (tertiary/aromatic N) is 2. The van der Waals surface area contributed by atoms with E-state index in [-0.39, 0.29) is 33.5 Å². The van der Waals surface area contributed by atoms with Crippen LogP contribution in [0.25, 0.3) is 0 Å². The van der Waals surface area contributed by atoms with Crippen LogP contribution < -0.4 is 14.4 Å². The molecule has 0 spiro atoms. The Balaban J connectivity index is 0.000000708. The molecular formula is C23H25ClF3N3O9S. The van der Waals surface area contributed by atoms with Gasteiger partial charge < -0.3 is 29.5 Å². The Morgan fingerprint density at radius 2 is 1.65 bits per heavy atom. The molecule has 0 aromatic heterocycles. The summed E-state index contributed by atoms with van der Waals surface area (Å²) >= 11 is 5.99. The number of hydrogen-bond donors (Lipinski definition) is 3. The number of halogens is 4. The predicted molar refractivity (Wildman–Crippen MR) is 137 cm³/mol. The normalized spacial score (nSPS) is 13.6. The van der Waals surface area contributed by atoms with E-state index in [1.54, 1.807) is 11.8 Å². The molecule has 2 aromatic carbocycles. The fourth-order valence-electron chi connectivity index (χ4n) is 3.43. The Morgan fingerprint density at radius 1 is 1.05 bits per heavy atom. The van der Waals surface area contributed by atoms with Crippen molar-refractivity contribution in [1.29, 1.82) is 0 Å². The van der Waals surface area contributed by atoms with Crippen molar-refractivity contribution in [1.82, 2.24) is 4.90 Å². The van der Waals surface area contributed by atoms with Crippen molar-refractivity contribution in [2.45, 2.75) is 18.0 Å². The highest BCUT2D eigenvalue weighted by Crippen LogP contribution is 2.33. The molecule has 0 saturated carbocycles. The molecular weight excluding hydrogens is 587 g/mol. The van der Waals surface area contributed by atoms with Gasteiger partial charge in [0.05, 0.1) is 30.7 Å². The smallest absolute Gasteiger partial charge is 0.490 e. The predicted octanol–water partition coefficient (Wildman–Crippen LogP) is 3.76. The van der Waals surface area contributed by atoms with Crippen LogP contribution in [-0.2, 0) is 19.6 Å². The van der Waals surface area contributed by atoms with Gasteiger partial charge in [-0.1, -0.05) is 11.6 Å². The van der Waals surface area contributed by atoms with Crippen molar-refractivity contribution >= 4 is 51.0 Å². The molecule has 1 heterocycles. The number of piperazine rings is 1. The van der Waals surface area contributed by atoms with E-state index >= 15 is 0 Å². The van der Waals surface area contributed by atoms with Crippen LogP contribution in [0.1, 0.15) is 17.3 Å². The highest BCUT2D eigenvalue weighted by Gasteiger charge is 2.38. The van der Waals surface area contributed by atoms with Crippen molar-refractivity contribution < 1.29 is 55.7 Å². The summed E-state index contributed by atoms with van der Waals surface area (Å²) in [5, 5.41) is 16.7. The number of rotatable bonds is 7. The summed E-state index contributed by atoms with van der Waals surface area (Å²) in [5.41, 5.74) is 0.481. The van der Waals surface area contributed by atoms with Crippen molar-refractivity contribution in [3.8, 4) is 5.75 Å². The molecule has 40 heavy (non-hydrogen) atoms. The minimum absolute atomic E-state index is 0.0836. The number of aromatic carboxylic acids is 1. The number of alkyl halides is 3. The molecule has 0 unspecified atom stereocenters. The summed E-state index contributed by atoms with van der Waals surface area (Å²) in [6.45, 7) is 3.54. The van der Waals surface area contributed by atoms with Crippen LogP contribution in [0.5, 0.6) is 5.75 Å². The lowest BCUT2D eigenvalue weighted by Gasteiger charge is -2.36. The number of carboxylic acid groups (broad SMARTS) is 2. The second-order valence-corrected chi connectivity index (χ2v) is 10.0. The molecule has 1 aliphatic rings. The first-order valence-corrected chi connectivity index (χ1v) is 13.2. The standard InChI is InChI=1S/C21H24ClN3O7S.C2HF3O2/c1-3-32-21(28)25-10-8-24(9-11-25)17-6-4-14(20(26)27)12-16(17)23-33(29,30)19-13-15(22)5-7-18(19)31-2;3-2(4,5)1(6)7/h4-7,12-13,23H,3,8-11H2,1-2H3,(H,26,27);(H,6,7). The molecule has 0 atom stereocenters. The maximum atomic E-state index is 13.2. The van der Waals surface area contributed by atoms with Crippen molar-refractivity contribution in [3.63, 3.8) is 0 Å². The van der Waals surface area contributed by atoms with E-state index in [0.717, 1.165) is 0 Å². The van der Waals surface area contributed by atoms with Gasteiger partial charge in [-0.15, -0.1) is 0 Å². The number of ether oxygens (including phenoxy) is 2. The van der Waals surface area contributed by atoms with Crippen molar-refractivity contribution in [3.05, 3.63) is 47.0 Å². The average molecular weight is 612 g/mol. The third-order valence-electron chi connectivity index (χ3n) is 5.29. The lowest BCUT2D eigenvalue weighted by atomic mass is 10.1. The van der Waals surface area contributed by atoms with E-state index in [9.17, 15) is 36.3 Å². The van der Waals surface area contributed by atoms with E-state index in [2.05, 4.69) is 4.72 Å². The summed E-state index contributed by atoms with van der Waals surface area (Å²) in [7, 11) is -2.84. The quantitative estimate of drug-likeness (QED) is 0.420. The first kappa shape index (κ1) is 32.3. The van der Waals surface area contributed by atoms with Crippen molar-refractivity contribution in [2.75, 3.05) is 49.5 Å². The van der Waals surface area contributed by atoms with E-state index in [4.69, 9.17) is 31.0 Å². The summed E-state index contributed by atoms with van der Waals surface area (Å²) < 4.78 is 70.7. The van der Waals surface area contributed by atoms with Gasteiger partial charge in [-0.2, -0.15) is 13.2 Å². The number of hydrogen-bond acceptors (Lipinski definition) is 8. The number of aliphatic carboxylic acids is 1. The third-order valence-corrected chi connectivity index (χ3v) is 6.91. The average Bonchev–Trinajstić information content (AvgIpc) is 2.88. The minimum Gasteiger partial charge on any atom is -0.495 e. The first-order chi connectivity index (χ1) is 18.6. The summed E-state index contributed by atoms with van der Waals surface area (Å²) in [6, 6.07) is 8.37.